The Morgan fingerprint density at radius 1 is 1.25 bits per heavy atom. The molecule has 0 saturated carbocycles. The van der Waals surface area contributed by atoms with E-state index in [1.807, 2.05) is 0 Å². The topological polar surface area (TPSA) is 0 Å². The van der Waals surface area contributed by atoms with Crippen LogP contribution in [-0.4, -0.2) is 0 Å². The number of hydrogen-bond acceptors (Lipinski definition) is 0. The fourth-order valence-electron chi connectivity index (χ4n) is 0. The van der Waals surface area contributed by atoms with Crippen LogP contribution in [0.4, 0.5) is 0 Å². The van der Waals surface area contributed by atoms with Crippen LogP contribution >= 0.6 is 0 Å². The third kappa shape index (κ3) is 9.20. The van der Waals surface area contributed by atoms with Crippen molar-refractivity contribution in [3.8, 4) is 0 Å². The van der Waals surface area contributed by atoms with Crippen LogP contribution in [0.2, 0.25) is 0 Å². The molecule has 2 heteroatoms. The predicted octanol–water partition coefficient (Wildman–Crippen LogP) is 0.896. The maximum atomic E-state index is 5.50. The molecule has 1 radical (unpaired) electrons. The molecule has 0 aliphatic heterocycles. The predicted molar refractivity (Wildman–Crippen MR) is 12.8 cm³/mol. The second kappa shape index (κ2) is 21.5. The number of hydrogen-bond donors (Lipinski definition) is 0. The van der Waals surface area contributed by atoms with Crippen molar-refractivity contribution in [1.82, 2.24) is 0 Å². The van der Waals surface area contributed by atoms with Crippen LogP contribution in [0.25, 0.3) is 0 Å². The van der Waals surface area contributed by atoms with Crippen molar-refractivity contribution in [2.45, 2.75) is 0 Å². The molecule has 0 aliphatic rings. The first kappa shape index (κ1) is 17.1. The van der Waals surface area contributed by atoms with Gasteiger partial charge in [-0.3, -0.25) is 0 Å². The third-order valence-corrected chi connectivity index (χ3v) is 0. The van der Waals surface area contributed by atoms with E-state index in [0.29, 0.717) is 0 Å². The Hall–Kier alpha value is 1.79. The van der Waals surface area contributed by atoms with E-state index in [0.717, 1.165) is 0 Å². The van der Waals surface area contributed by atoms with Crippen molar-refractivity contribution in [1.29, 1.82) is 0 Å². The molecule has 0 atom stereocenters. The molecular weight excluding hydrogens is 297 g/mol. The van der Waals surface area contributed by atoms with Gasteiger partial charge in [0.05, 0.1) is 0 Å². The van der Waals surface area contributed by atoms with E-state index in [9.17, 15) is 0 Å². The molecule has 0 heterocycles. The Morgan fingerprint density at radius 3 is 1.25 bits per heavy atom. The van der Waals surface area contributed by atoms with E-state index in [2.05, 4.69) is 7.40 Å². The molecule has 25 valence electrons. The summed E-state index contributed by atoms with van der Waals surface area (Å²) in [7, 11) is 2.50. The fourth-order valence-corrected chi connectivity index (χ4v) is 0. The normalized spacial score (nSPS) is 1.75. The molecule has 0 aromatic rings. The maximum Gasteiger partial charge on any atom is 0 e. The van der Waals surface area contributed by atoms with Crippen molar-refractivity contribution < 1.29 is 55.1 Å². The van der Waals surface area contributed by atoms with E-state index in [-0.39, 0.29) is 61.2 Å². The Kier molecular flexibility index (Phi) is 91.5. The summed E-state index contributed by atoms with van der Waals surface area (Å²) in [6.45, 7) is 0. The monoisotopic (exact) mass is 305 g/mol. The van der Waals surface area contributed by atoms with E-state index in [1.54, 1.807) is 0 Å². The molecule has 4 heavy (non-hydrogen) atoms. The van der Waals surface area contributed by atoms with Crippen molar-refractivity contribution in [2.24, 2.45) is 0 Å². The summed E-state index contributed by atoms with van der Waals surface area (Å²) in [6.07, 6.45) is 0. The molecule has 0 fully saturated rings. The van der Waals surface area contributed by atoms with Crippen LogP contribution in [-0.2, 0) is 53.8 Å². The summed E-state index contributed by atoms with van der Waals surface area (Å²) in [6, 6.07) is 0. The molecular formula is C2H6WY-2. The van der Waals surface area contributed by atoms with Gasteiger partial charge in [-0.05, 0) is 0 Å². The van der Waals surface area contributed by atoms with Gasteiger partial charge in [-0.2, -0.15) is 0 Å². The molecule has 0 saturated heterocycles. The minimum atomic E-state index is 0. The molecule has 0 bridgehead atoms. The SMILES string of the molecule is [3H][CH2-].[CH3-].[W].[Y]. The second-order valence-electron chi connectivity index (χ2n) is 0. The minimum Gasteiger partial charge on any atom is -0.358 e. The fraction of sp³-hybridized carbons (Fsp3) is 0. The Bertz CT molecular complexity index is 9.61. The van der Waals surface area contributed by atoms with Crippen molar-refractivity contribution >= 4 is 0 Å². The summed E-state index contributed by atoms with van der Waals surface area (Å²) < 4.78 is 5.50. The van der Waals surface area contributed by atoms with Gasteiger partial charge in [0.2, 0.25) is 0 Å². The average Bonchev–Trinajstić information content (AvgIpc) is 1.00. The smallest absolute Gasteiger partial charge is 0 e. The van der Waals surface area contributed by atoms with Crippen LogP contribution in [0.1, 0.15) is 1.37 Å². The molecule has 0 nitrogen and oxygen atoms in total. The van der Waals surface area contributed by atoms with Gasteiger partial charge in [0, 0.05) is 53.8 Å². The van der Waals surface area contributed by atoms with Gasteiger partial charge in [-0.1, -0.05) is 0 Å². The molecule has 0 aromatic carbocycles. The number of rotatable bonds is 0. The summed E-state index contributed by atoms with van der Waals surface area (Å²) in [4.78, 5) is 0. The Morgan fingerprint density at radius 2 is 1.25 bits per heavy atom. The Labute approximate surface area is 69.3 Å². The van der Waals surface area contributed by atoms with Crippen molar-refractivity contribution in [2.75, 3.05) is 0 Å². The second-order valence-corrected chi connectivity index (χ2v) is 0. The van der Waals surface area contributed by atoms with E-state index in [4.69, 9.17) is 1.37 Å². The van der Waals surface area contributed by atoms with Gasteiger partial charge in [0.25, 0.3) is 0 Å². The van der Waals surface area contributed by atoms with Crippen molar-refractivity contribution in [3.63, 3.8) is 0 Å². The first-order valence-corrected chi connectivity index (χ1v) is 0. The van der Waals surface area contributed by atoms with E-state index in [1.165, 1.54) is 0 Å². The van der Waals surface area contributed by atoms with Gasteiger partial charge in [-0.25, -0.2) is 1.37 Å². The zero-order valence-electron chi connectivity index (χ0n) is 3.69. The zero-order chi connectivity index (χ0) is 2.00. The average molecular weight is 305 g/mol. The van der Waals surface area contributed by atoms with Crippen molar-refractivity contribution in [3.05, 3.63) is 14.8 Å². The summed E-state index contributed by atoms with van der Waals surface area (Å²) >= 11 is 0. The molecule has 0 aromatic heterocycles. The summed E-state index contributed by atoms with van der Waals surface area (Å²) in [5, 5.41) is 0. The van der Waals surface area contributed by atoms with Crippen LogP contribution in [0, 0.1) is 14.8 Å². The van der Waals surface area contributed by atoms with E-state index < -0.39 is 0 Å². The van der Waals surface area contributed by atoms with Gasteiger partial charge in [0.1, 0.15) is 0 Å². The zero-order valence-corrected chi connectivity index (χ0v) is 8.46. The van der Waals surface area contributed by atoms with Crippen LogP contribution in [0.5, 0.6) is 0 Å². The summed E-state index contributed by atoms with van der Waals surface area (Å²) in [5.74, 6) is 0. The van der Waals surface area contributed by atoms with Gasteiger partial charge in [-0.15, -0.1) is 0 Å². The molecule has 0 amide bonds. The van der Waals surface area contributed by atoms with Crippen LogP contribution < -0.4 is 0 Å². The van der Waals surface area contributed by atoms with Gasteiger partial charge in [0.15, 0.2) is 0 Å². The first-order valence-electron chi connectivity index (χ1n) is 0.707. The van der Waals surface area contributed by atoms with Gasteiger partial charge < -0.3 is 14.8 Å². The first-order chi connectivity index (χ1) is 1.00. The molecule has 0 N–H and O–H groups in total. The molecule has 0 spiro atoms. The maximum absolute atomic E-state index is 5.50. The Balaban J connectivity index is -0.00000000167. The van der Waals surface area contributed by atoms with E-state index >= 15 is 0 Å². The van der Waals surface area contributed by atoms with Crippen LogP contribution in [0.15, 0.2) is 0 Å². The van der Waals surface area contributed by atoms with Crippen LogP contribution in [0.3, 0.4) is 0 Å². The standard InChI is InChI=1S/2CH3.W.Y/h2*1H3;;/q2*-1;;/i1T;;;. The molecule has 0 aliphatic carbocycles. The summed E-state index contributed by atoms with van der Waals surface area (Å²) in [5.41, 5.74) is 0. The quantitative estimate of drug-likeness (QED) is 0.583. The third-order valence-electron chi connectivity index (χ3n) is 0. The van der Waals surface area contributed by atoms with Gasteiger partial charge >= 0.3 is 0 Å². The molecule has 0 unspecified atom stereocenters. The largest absolute Gasteiger partial charge is 0.358 e. The molecule has 0 rings (SSSR count). The minimum absolute atomic E-state index is 0.